The summed E-state index contributed by atoms with van der Waals surface area (Å²) in [6.07, 6.45) is -2.47. The van der Waals surface area contributed by atoms with Crippen LogP contribution in [-0.4, -0.2) is 84.3 Å². The summed E-state index contributed by atoms with van der Waals surface area (Å²) < 4.78 is 10.3. The first-order valence-corrected chi connectivity index (χ1v) is 10.7. The van der Waals surface area contributed by atoms with Gasteiger partial charge in [0.25, 0.3) is 5.91 Å². The van der Waals surface area contributed by atoms with Crippen molar-refractivity contribution in [2.45, 2.75) is 90.7 Å². The Balaban J connectivity index is 5.10. The van der Waals surface area contributed by atoms with Gasteiger partial charge in [-0.15, -0.1) is 0 Å². The van der Waals surface area contributed by atoms with Crippen molar-refractivity contribution in [1.29, 1.82) is 0 Å². The lowest BCUT2D eigenvalue weighted by Gasteiger charge is -2.27. The second-order valence-electron chi connectivity index (χ2n) is 9.51. The third-order valence-corrected chi connectivity index (χ3v) is 4.00. The van der Waals surface area contributed by atoms with Crippen molar-refractivity contribution < 1.29 is 38.6 Å². The number of rotatable bonds is 10. The quantitative estimate of drug-likeness (QED) is 0.269. The molecule has 0 saturated heterocycles. The molecular weight excluding hydrogens is 436 g/mol. The number of hydroxylamine groups is 2. The summed E-state index contributed by atoms with van der Waals surface area (Å²) in [7, 11) is 2.68. The number of hydrogen-bond acceptors (Lipinski definition) is 8. The van der Waals surface area contributed by atoms with E-state index in [9.17, 15) is 24.3 Å². The van der Waals surface area contributed by atoms with E-state index in [1.54, 1.807) is 41.5 Å². The van der Waals surface area contributed by atoms with Crippen LogP contribution >= 0.6 is 0 Å². The molecule has 0 heterocycles. The SMILES string of the molecule is CON(C)C(=O)[C@H](C)NC(=O)[C@@H](NC(=O)OC(C)(C)C)[C@@H](O)CCCNC(=O)OC(C)(C)C. The lowest BCUT2D eigenvalue weighted by Crippen LogP contribution is -2.57. The summed E-state index contributed by atoms with van der Waals surface area (Å²) in [5.41, 5.74) is -1.47. The fourth-order valence-electron chi connectivity index (χ4n) is 2.48. The minimum Gasteiger partial charge on any atom is -0.444 e. The first-order chi connectivity index (χ1) is 15.0. The van der Waals surface area contributed by atoms with Gasteiger partial charge in [0, 0.05) is 13.6 Å². The molecule has 192 valence electrons. The van der Waals surface area contributed by atoms with Crippen molar-refractivity contribution in [3.8, 4) is 0 Å². The summed E-state index contributed by atoms with van der Waals surface area (Å²) in [6.45, 7) is 11.8. The maximum Gasteiger partial charge on any atom is 0.408 e. The van der Waals surface area contributed by atoms with Gasteiger partial charge >= 0.3 is 12.2 Å². The second-order valence-corrected chi connectivity index (χ2v) is 9.51. The largest absolute Gasteiger partial charge is 0.444 e. The summed E-state index contributed by atoms with van der Waals surface area (Å²) in [6, 6.07) is -2.38. The maximum absolute atomic E-state index is 12.8. The minimum absolute atomic E-state index is 0.0595. The maximum atomic E-state index is 12.8. The van der Waals surface area contributed by atoms with Crippen LogP contribution in [0.3, 0.4) is 0 Å². The number of carbonyl (C=O) groups is 4. The smallest absolute Gasteiger partial charge is 0.408 e. The van der Waals surface area contributed by atoms with Gasteiger partial charge in [0.2, 0.25) is 5.91 Å². The number of likely N-dealkylation sites (N-methyl/N-ethyl adjacent to an activating group) is 1. The van der Waals surface area contributed by atoms with E-state index in [0.717, 1.165) is 5.06 Å². The van der Waals surface area contributed by atoms with Gasteiger partial charge in [0.15, 0.2) is 0 Å². The van der Waals surface area contributed by atoms with E-state index in [2.05, 4.69) is 16.0 Å². The van der Waals surface area contributed by atoms with Crippen LogP contribution in [0.4, 0.5) is 9.59 Å². The summed E-state index contributed by atoms with van der Waals surface area (Å²) in [5, 5.41) is 18.9. The lowest BCUT2D eigenvalue weighted by molar-refractivity contribution is -0.171. The molecule has 0 saturated carbocycles. The Morgan fingerprint density at radius 2 is 1.45 bits per heavy atom. The molecule has 12 nitrogen and oxygen atoms in total. The number of ether oxygens (including phenoxy) is 2. The lowest BCUT2D eigenvalue weighted by atomic mass is 10.0. The zero-order chi connectivity index (χ0) is 26.0. The van der Waals surface area contributed by atoms with Crippen LogP contribution < -0.4 is 16.0 Å². The average molecular weight is 477 g/mol. The van der Waals surface area contributed by atoms with Crippen LogP contribution in [0.25, 0.3) is 0 Å². The fraction of sp³-hybridized carbons (Fsp3) is 0.810. The number of nitrogens with one attached hydrogen (secondary N) is 3. The van der Waals surface area contributed by atoms with E-state index < -0.39 is 53.4 Å². The van der Waals surface area contributed by atoms with Crippen molar-refractivity contribution in [3.63, 3.8) is 0 Å². The topological polar surface area (TPSA) is 156 Å². The Morgan fingerprint density at radius 1 is 0.939 bits per heavy atom. The highest BCUT2D eigenvalue weighted by molar-refractivity contribution is 5.91. The molecule has 3 atom stereocenters. The second kappa shape index (κ2) is 13.2. The fourth-order valence-corrected chi connectivity index (χ4v) is 2.48. The minimum atomic E-state index is -1.40. The van der Waals surface area contributed by atoms with Crippen LogP contribution in [-0.2, 0) is 23.9 Å². The number of hydrogen-bond donors (Lipinski definition) is 4. The zero-order valence-electron chi connectivity index (χ0n) is 21.1. The molecule has 0 rings (SSSR count). The number of nitrogens with zero attached hydrogens (tertiary/aromatic N) is 1. The Morgan fingerprint density at radius 3 is 1.94 bits per heavy atom. The van der Waals surface area contributed by atoms with Crippen molar-refractivity contribution >= 4 is 24.0 Å². The van der Waals surface area contributed by atoms with Crippen LogP contribution in [0.15, 0.2) is 0 Å². The van der Waals surface area contributed by atoms with E-state index in [-0.39, 0.29) is 13.0 Å². The molecule has 4 amide bonds. The highest BCUT2D eigenvalue weighted by atomic mass is 16.7. The molecule has 12 heteroatoms. The van der Waals surface area contributed by atoms with Crippen LogP contribution in [0, 0.1) is 0 Å². The molecule has 4 N–H and O–H groups in total. The predicted octanol–water partition coefficient (Wildman–Crippen LogP) is 1.07. The van der Waals surface area contributed by atoms with Gasteiger partial charge in [-0.1, -0.05) is 0 Å². The Bertz CT molecular complexity index is 672. The van der Waals surface area contributed by atoms with E-state index >= 15 is 0 Å². The molecule has 0 aliphatic rings. The van der Waals surface area contributed by atoms with Gasteiger partial charge in [0.1, 0.15) is 23.3 Å². The molecule has 0 aliphatic heterocycles. The Kier molecular flexibility index (Phi) is 12.2. The zero-order valence-corrected chi connectivity index (χ0v) is 21.1. The molecule has 0 aromatic carbocycles. The molecule has 0 spiro atoms. The average Bonchev–Trinajstić information content (AvgIpc) is 2.65. The summed E-state index contributed by atoms with van der Waals surface area (Å²) >= 11 is 0. The van der Waals surface area contributed by atoms with Crippen LogP contribution in [0.5, 0.6) is 0 Å². The molecule has 33 heavy (non-hydrogen) atoms. The number of alkyl carbamates (subject to hydrolysis) is 2. The first-order valence-electron chi connectivity index (χ1n) is 10.7. The summed E-state index contributed by atoms with van der Waals surface area (Å²) in [4.78, 5) is 53.6. The van der Waals surface area contributed by atoms with Gasteiger partial charge in [0.05, 0.1) is 13.2 Å². The molecule has 0 aromatic rings. The molecule has 0 aliphatic carbocycles. The van der Waals surface area contributed by atoms with Gasteiger partial charge in [-0.2, -0.15) is 0 Å². The van der Waals surface area contributed by atoms with Crippen molar-refractivity contribution in [2.75, 3.05) is 20.7 Å². The standard InChI is InChI=1S/C21H40N4O8/c1-13(17(28)25(8)31-9)23-16(27)15(24-19(30)33-21(5,6)7)14(26)11-10-12-22-18(29)32-20(2,3)4/h13-15,26H,10-12H2,1-9H3,(H,22,29)(H,23,27)(H,24,30)/t13-,14-,15-/m0/s1. The monoisotopic (exact) mass is 476 g/mol. The van der Waals surface area contributed by atoms with Gasteiger partial charge < -0.3 is 30.5 Å². The molecule has 0 unspecified atom stereocenters. The van der Waals surface area contributed by atoms with E-state index in [4.69, 9.17) is 14.3 Å². The van der Waals surface area contributed by atoms with E-state index in [1.807, 2.05) is 0 Å². The molecule has 0 fully saturated rings. The molecular formula is C21H40N4O8. The van der Waals surface area contributed by atoms with Crippen molar-refractivity contribution in [1.82, 2.24) is 21.0 Å². The van der Waals surface area contributed by atoms with Gasteiger partial charge in [-0.3, -0.25) is 14.4 Å². The third kappa shape index (κ3) is 13.5. The molecule has 0 aromatic heterocycles. The molecule has 0 radical (unpaired) electrons. The van der Waals surface area contributed by atoms with Crippen LogP contribution in [0.2, 0.25) is 0 Å². The number of aliphatic hydroxyl groups is 1. The predicted molar refractivity (Wildman–Crippen MR) is 120 cm³/mol. The number of carbonyl (C=O) groups excluding carboxylic acids is 4. The first kappa shape index (κ1) is 30.4. The number of aliphatic hydroxyl groups excluding tert-OH is 1. The van der Waals surface area contributed by atoms with Crippen molar-refractivity contribution in [3.05, 3.63) is 0 Å². The number of amides is 4. The third-order valence-electron chi connectivity index (χ3n) is 4.00. The molecule has 0 bridgehead atoms. The highest BCUT2D eigenvalue weighted by Gasteiger charge is 2.32. The van der Waals surface area contributed by atoms with Crippen molar-refractivity contribution in [2.24, 2.45) is 0 Å². The Hall–Kier alpha value is -2.60. The van der Waals surface area contributed by atoms with Crippen LogP contribution in [0.1, 0.15) is 61.3 Å². The van der Waals surface area contributed by atoms with Gasteiger partial charge in [-0.25, -0.2) is 14.7 Å². The van der Waals surface area contributed by atoms with E-state index in [0.29, 0.717) is 6.42 Å². The van der Waals surface area contributed by atoms with E-state index in [1.165, 1.54) is 21.1 Å². The normalized spacial score (nSPS) is 14.4. The highest BCUT2D eigenvalue weighted by Crippen LogP contribution is 2.10. The summed E-state index contributed by atoms with van der Waals surface area (Å²) in [5.74, 6) is -1.31. The Labute approximate surface area is 195 Å². The van der Waals surface area contributed by atoms with Gasteiger partial charge in [-0.05, 0) is 61.3 Å².